The van der Waals surface area contributed by atoms with Crippen LogP contribution < -0.4 is 9.57 Å². The largest absolute Gasteiger partial charge is 0.497 e. The third-order valence-electron chi connectivity index (χ3n) is 2.97. The number of rotatable bonds is 5. The predicted octanol–water partition coefficient (Wildman–Crippen LogP) is 1.92. The number of non-ortho nitro benzene ring substituents is 1. The van der Waals surface area contributed by atoms with E-state index in [9.17, 15) is 18.5 Å². The molecule has 1 N–H and O–H groups in total. The average molecular weight is 359 g/mol. The maximum atomic E-state index is 12.0. The van der Waals surface area contributed by atoms with Crippen LogP contribution in [0.5, 0.6) is 5.75 Å². The third-order valence-corrected chi connectivity index (χ3v) is 4.20. The first-order valence-corrected chi connectivity index (χ1v) is 8.34. The first-order valence-electron chi connectivity index (χ1n) is 6.86. The fourth-order valence-electron chi connectivity index (χ4n) is 1.72. The molecule has 0 aliphatic heterocycles. The minimum atomic E-state index is -3.91. The Morgan fingerprint density at radius 3 is 2.36 bits per heavy atom. The van der Waals surface area contributed by atoms with Gasteiger partial charge < -0.3 is 4.74 Å². The Bertz CT molecular complexity index is 940. The summed E-state index contributed by atoms with van der Waals surface area (Å²) in [5.41, 5.74) is 0.512. The minimum absolute atomic E-state index is 0.140. The van der Waals surface area contributed by atoms with Crippen molar-refractivity contribution in [1.29, 1.82) is 0 Å². The molecule has 0 fully saturated rings. The molecule has 8 nitrogen and oxygen atoms in total. The quantitative estimate of drug-likeness (QED) is 0.379. The van der Waals surface area contributed by atoms with Crippen LogP contribution in [0.15, 0.2) is 58.5 Å². The highest BCUT2D eigenvalue weighted by molar-refractivity contribution is 7.89. The van der Waals surface area contributed by atoms with Crippen molar-refractivity contribution in [2.45, 2.75) is 4.90 Å². The lowest BCUT2D eigenvalue weighted by atomic mass is 10.2. The molecule has 0 bridgehead atoms. The zero-order chi connectivity index (χ0) is 18.3. The number of hydrazone groups is 1. The Labute approximate surface area is 144 Å². The molecule has 0 unspecified atom stereocenters. The molecule has 0 heterocycles. The highest BCUT2D eigenvalue weighted by atomic mass is 32.2. The maximum absolute atomic E-state index is 12.0. The standard InChI is InChI=1S/C16H13N3O5S/c1-24-15-8-4-13(5-9-15)3-2-12-17-18-25(22,23)16-10-6-14(7-11-16)19(20)21/h4-12,18H,1H3/b17-12+. The van der Waals surface area contributed by atoms with Gasteiger partial charge in [0.05, 0.1) is 23.1 Å². The summed E-state index contributed by atoms with van der Waals surface area (Å²) in [6.07, 6.45) is 1.10. The van der Waals surface area contributed by atoms with Crippen LogP contribution in [-0.2, 0) is 10.0 Å². The van der Waals surface area contributed by atoms with Gasteiger partial charge in [0.1, 0.15) is 5.75 Å². The van der Waals surface area contributed by atoms with Crippen LogP contribution in [0.2, 0.25) is 0 Å². The van der Waals surface area contributed by atoms with Crippen molar-refractivity contribution in [2.24, 2.45) is 5.10 Å². The topological polar surface area (TPSA) is 111 Å². The number of methoxy groups -OCH3 is 1. The van der Waals surface area contributed by atoms with Gasteiger partial charge >= 0.3 is 0 Å². The normalized spacial score (nSPS) is 10.8. The van der Waals surface area contributed by atoms with Gasteiger partial charge in [0.25, 0.3) is 15.7 Å². The van der Waals surface area contributed by atoms with Gasteiger partial charge in [-0.05, 0) is 42.3 Å². The number of hydrogen-bond acceptors (Lipinski definition) is 6. The van der Waals surface area contributed by atoms with E-state index in [1.165, 1.54) is 0 Å². The van der Waals surface area contributed by atoms with E-state index < -0.39 is 14.9 Å². The van der Waals surface area contributed by atoms with Gasteiger partial charge in [0, 0.05) is 17.7 Å². The maximum Gasteiger partial charge on any atom is 0.276 e. The van der Waals surface area contributed by atoms with Crippen LogP contribution in [0.4, 0.5) is 5.69 Å². The van der Waals surface area contributed by atoms with E-state index in [4.69, 9.17) is 4.74 Å². The van der Waals surface area contributed by atoms with Gasteiger partial charge in [-0.15, -0.1) is 0 Å². The van der Waals surface area contributed by atoms with Crippen LogP contribution in [0.1, 0.15) is 5.56 Å². The summed E-state index contributed by atoms with van der Waals surface area (Å²) in [6.45, 7) is 0. The van der Waals surface area contributed by atoms with Crippen LogP contribution in [0, 0.1) is 22.0 Å². The number of nitrogens with one attached hydrogen (secondary N) is 1. The van der Waals surface area contributed by atoms with Gasteiger partial charge in [0.2, 0.25) is 0 Å². The lowest BCUT2D eigenvalue weighted by molar-refractivity contribution is -0.384. The molecule has 25 heavy (non-hydrogen) atoms. The van der Waals surface area contributed by atoms with Crippen LogP contribution in [-0.4, -0.2) is 26.7 Å². The lowest BCUT2D eigenvalue weighted by Gasteiger charge is -2.01. The molecule has 0 radical (unpaired) electrons. The zero-order valence-electron chi connectivity index (χ0n) is 13.0. The van der Waals surface area contributed by atoms with Crippen molar-refractivity contribution in [3.63, 3.8) is 0 Å². The summed E-state index contributed by atoms with van der Waals surface area (Å²) < 4.78 is 28.9. The Morgan fingerprint density at radius 1 is 1.16 bits per heavy atom. The summed E-state index contributed by atoms with van der Waals surface area (Å²) in [5.74, 6) is 6.07. The number of nitro groups is 1. The van der Waals surface area contributed by atoms with Crippen molar-refractivity contribution in [3.8, 4) is 17.6 Å². The van der Waals surface area contributed by atoms with E-state index in [1.54, 1.807) is 31.4 Å². The van der Waals surface area contributed by atoms with E-state index in [0.29, 0.717) is 11.3 Å². The molecule has 0 aliphatic rings. The Kier molecular flexibility index (Phi) is 5.71. The van der Waals surface area contributed by atoms with Gasteiger partial charge in [-0.25, -0.2) is 0 Å². The van der Waals surface area contributed by atoms with Crippen molar-refractivity contribution in [1.82, 2.24) is 4.83 Å². The number of sulfonamides is 1. The molecule has 2 aromatic carbocycles. The Morgan fingerprint density at radius 2 is 1.80 bits per heavy atom. The molecule has 0 spiro atoms. The summed E-state index contributed by atoms with van der Waals surface area (Å²) in [4.78, 5) is 11.8. The molecule has 0 atom stereocenters. The average Bonchev–Trinajstić information content (AvgIpc) is 2.62. The fraction of sp³-hybridized carbons (Fsp3) is 0.0625. The van der Waals surface area contributed by atoms with Crippen molar-refractivity contribution < 1.29 is 18.1 Å². The van der Waals surface area contributed by atoms with Crippen LogP contribution in [0.25, 0.3) is 0 Å². The molecule has 2 aromatic rings. The highest BCUT2D eigenvalue weighted by Crippen LogP contribution is 2.15. The first kappa shape index (κ1) is 18.0. The zero-order valence-corrected chi connectivity index (χ0v) is 13.9. The minimum Gasteiger partial charge on any atom is -0.497 e. The van der Waals surface area contributed by atoms with Gasteiger partial charge in [-0.1, -0.05) is 5.92 Å². The van der Waals surface area contributed by atoms with Crippen LogP contribution in [0.3, 0.4) is 0 Å². The van der Waals surface area contributed by atoms with Crippen molar-refractivity contribution in [2.75, 3.05) is 7.11 Å². The molecular weight excluding hydrogens is 346 g/mol. The van der Waals surface area contributed by atoms with Crippen molar-refractivity contribution >= 4 is 21.9 Å². The highest BCUT2D eigenvalue weighted by Gasteiger charge is 2.14. The Hall–Kier alpha value is -3.38. The molecule has 0 aromatic heterocycles. The molecule has 0 saturated carbocycles. The number of hydrogen-bond donors (Lipinski definition) is 1. The van der Waals surface area contributed by atoms with E-state index in [0.717, 1.165) is 30.5 Å². The second-order valence-electron chi connectivity index (χ2n) is 4.60. The van der Waals surface area contributed by atoms with Crippen LogP contribution >= 0.6 is 0 Å². The molecule has 2 rings (SSSR count). The summed E-state index contributed by atoms with van der Waals surface area (Å²) in [7, 11) is -2.35. The molecule has 0 saturated heterocycles. The first-order chi connectivity index (χ1) is 11.9. The lowest BCUT2D eigenvalue weighted by Crippen LogP contribution is -2.18. The Balaban J connectivity index is 2.00. The van der Waals surface area contributed by atoms with E-state index in [1.807, 2.05) is 4.83 Å². The monoisotopic (exact) mass is 359 g/mol. The molecule has 128 valence electrons. The van der Waals surface area contributed by atoms with Crippen molar-refractivity contribution in [3.05, 3.63) is 64.2 Å². The van der Waals surface area contributed by atoms with Gasteiger partial charge in [-0.3, -0.25) is 10.1 Å². The fourth-order valence-corrected chi connectivity index (χ4v) is 2.51. The number of benzene rings is 2. The van der Waals surface area contributed by atoms with Gasteiger partial charge in [-0.2, -0.15) is 18.4 Å². The predicted molar refractivity (Wildman–Crippen MR) is 91.8 cm³/mol. The van der Waals surface area contributed by atoms with E-state index >= 15 is 0 Å². The third kappa shape index (κ3) is 5.05. The molecule has 9 heteroatoms. The molecular formula is C16H13N3O5S. The summed E-state index contributed by atoms with van der Waals surface area (Å²) in [6, 6.07) is 11.4. The second-order valence-corrected chi connectivity index (χ2v) is 6.26. The second kappa shape index (κ2) is 7.94. The van der Waals surface area contributed by atoms with E-state index in [2.05, 4.69) is 16.9 Å². The number of nitro benzene ring substituents is 1. The summed E-state index contributed by atoms with van der Waals surface area (Å²) >= 11 is 0. The molecule has 0 aliphatic carbocycles. The van der Waals surface area contributed by atoms with Gasteiger partial charge in [0.15, 0.2) is 0 Å². The number of ether oxygens (including phenoxy) is 1. The molecule has 0 amide bonds. The smallest absolute Gasteiger partial charge is 0.276 e. The SMILES string of the molecule is COc1ccc(C#C/C=N/NS(=O)(=O)c2ccc([N+](=O)[O-])cc2)cc1. The number of nitrogens with zero attached hydrogens (tertiary/aromatic N) is 2. The van der Waals surface area contributed by atoms with E-state index in [-0.39, 0.29) is 10.6 Å². The summed E-state index contributed by atoms with van der Waals surface area (Å²) in [5, 5.41) is 14.1.